The Balaban J connectivity index is 4.50. The van der Waals surface area contributed by atoms with E-state index in [1.54, 1.807) is 0 Å². The highest BCUT2D eigenvalue weighted by Gasteiger charge is 2.17. The van der Waals surface area contributed by atoms with Gasteiger partial charge >= 0.3 is 18.0 Å². The van der Waals surface area contributed by atoms with E-state index in [9.17, 15) is 14.4 Å². The maximum absolute atomic E-state index is 12.9. The van der Waals surface area contributed by atoms with Crippen LogP contribution < -0.4 is 5.32 Å². The van der Waals surface area contributed by atoms with Crippen molar-refractivity contribution >= 4 is 18.0 Å². The van der Waals surface area contributed by atoms with Gasteiger partial charge in [0.2, 0.25) is 0 Å². The molecule has 0 saturated heterocycles. The Hall–Kier alpha value is -3.43. The molecule has 0 aromatic heterocycles. The first-order valence-corrected chi connectivity index (χ1v) is 28.2. The minimum atomic E-state index is -0.330. The van der Waals surface area contributed by atoms with Crippen LogP contribution in [-0.4, -0.2) is 94.5 Å². The average molecular weight is 967 g/mol. The highest BCUT2D eigenvalue weighted by atomic mass is 16.6. The predicted octanol–water partition coefficient (Wildman–Crippen LogP) is 15.9. The number of esters is 2. The van der Waals surface area contributed by atoms with Gasteiger partial charge in [0.05, 0.1) is 6.61 Å². The van der Waals surface area contributed by atoms with Crippen LogP contribution in [0.1, 0.15) is 226 Å². The van der Waals surface area contributed by atoms with Gasteiger partial charge in [0, 0.05) is 19.4 Å². The lowest BCUT2D eigenvalue weighted by atomic mass is 10.0. The summed E-state index contributed by atoms with van der Waals surface area (Å²) < 4.78 is 17.6. The van der Waals surface area contributed by atoms with E-state index in [1.165, 1.54) is 32.1 Å². The van der Waals surface area contributed by atoms with Crippen molar-refractivity contribution in [2.45, 2.75) is 238 Å². The second-order valence-corrected chi connectivity index (χ2v) is 19.4. The van der Waals surface area contributed by atoms with E-state index in [1.807, 2.05) is 14.1 Å². The van der Waals surface area contributed by atoms with Gasteiger partial charge in [-0.1, -0.05) is 145 Å². The maximum atomic E-state index is 12.9. The number of nitrogens with one attached hydrogen (secondary N) is 1. The van der Waals surface area contributed by atoms with Crippen molar-refractivity contribution in [3.05, 3.63) is 72.9 Å². The maximum Gasteiger partial charge on any atom is 0.407 e. The zero-order valence-corrected chi connectivity index (χ0v) is 45.6. The molecule has 1 amide bonds. The number of carbonyl (C=O) groups is 3. The first kappa shape index (κ1) is 65.6. The van der Waals surface area contributed by atoms with Crippen molar-refractivity contribution in [3.8, 4) is 0 Å². The van der Waals surface area contributed by atoms with Gasteiger partial charge in [-0.15, -0.1) is 0 Å². The quantitative estimate of drug-likeness (QED) is 0.0279. The third kappa shape index (κ3) is 52.2. The second-order valence-electron chi connectivity index (χ2n) is 19.4. The SMILES string of the molecule is CC/C=C\C/C=C\C/C=C\CCCCCCCC(=O)OCCCCCCC(CCCCCC(CCCN(C)C)OC(=O)CCCCCCC/C=C\C/C=C\C/C=C\CC)OC(=O)NCCCN(C)C. The molecule has 2 unspecified atom stereocenters. The molecule has 0 aromatic rings. The van der Waals surface area contributed by atoms with Crippen LogP contribution in [0.4, 0.5) is 4.79 Å². The molecular weight excluding hydrogens is 859 g/mol. The minimum Gasteiger partial charge on any atom is -0.466 e. The van der Waals surface area contributed by atoms with Gasteiger partial charge in [0.1, 0.15) is 12.2 Å². The Morgan fingerprint density at radius 2 is 0.812 bits per heavy atom. The topological polar surface area (TPSA) is 97.4 Å². The van der Waals surface area contributed by atoms with Gasteiger partial charge < -0.3 is 29.3 Å². The Kier molecular flexibility index (Phi) is 49.8. The first-order chi connectivity index (χ1) is 33.7. The molecule has 0 aliphatic heterocycles. The fourth-order valence-electron chi connectivity index (χ4n) is 7.97. The van der Waals surface area contributed by atoms with Crippen molar-refractivity contribution in [2.24, 2.45) is 0 Å². The molecule has 2 atom stereocenters. The summed E-state index contributed by atoms with van der Waals surface area (Å²) in [5.74, 6) is -0.133. The van der Waals surface area contributed by atoms with E-state index < -0.39 is 0 Å². The van der Waals surface area contributed by atoms with Crippen LogP contribution >= 0.6 is 0 Å². The number of allylic oxidation sites excluding steroid dienone is 12. The highest BCUT2D eigenvalue weighted by molar-refractivity contribution is 5.69. The van der Waals surface area contributed by atoms with Crippen molar-refractivity contribution in [1.29, 1.82) is 0 Å². The number of unbranched alkanes of at least 4 members (excludes halogenated alkanes) is 15. The third-order valence-electron chi connectivity index (χ3n) is 12.1. The average Bonchev–Trinajstić information content (AvgIpc) is 3.32. The summed E-state index contributed by atoms with van der Waals surface area (Å²) in [6, 6.07) is 0. The molecule has 9 heteroatoms. The molecule has 0 bridgehead atoms. The Morgan fingerprint density at radius 3 is 1.33 bits per heavy atom. The fourth-order valence-corrected chi connectivity index (χ4v) is 7.97. The number of nitrogens with zero attached hydrogens (tertiary/aromatic N) is 2. The van der Waals surface area contributed by atoms with E-state index in [0.29, 0.717) is 26.0 Å². The summed E-state index contributed by atoms with van der Waals surface area (Å²) in [5, 5.41) is 2.95. The Morgan fingerprint density at radius 1 is 0.420 bits per heavy atom. The normalized spacial score (nSPS) is 13.2. The number of ether oxygens (including phenoxy) is 3. The van der Waals surface area contributed by atoms with Crippen LogP contribution in [0.15, 0.2) is 72.9 Å². The van der Waals surface area contributed by atoms with Gasteiger partial charge in [-0.2, -0.15) is 0 Å². The second kappa shape index (κ2) is 52.4. The third-order valence-corrected chi connectivity index (χ3v) is 12.1. The molecule has 0 spiro atoms. The molecule has 0 fully saturated rings. The van der Waals surface area contributed by atoms with Gasteiger partial charge in [0.25, 0.3) is 0 Å². The Labute approximate surface area is 425 Å². The van der Waals surface area contributed by atoms with E-state index in [0.717, 1.165) is 180 Å². The standard InChI is InChI=1S/C60H107N3O6/c1-7-9-11-13-15-17-19-21-23-25-27-29-31-33-41-50-58(64)67-55-43-36-35-38-47-57(69-60(66)61-52-45-54-63(5)6)48-40-37-39-46-56(49-44-53-62(3)4)68-59(65)51-42-34-32-30-28-26-24-22-20-18-16-14-12-10-8-2/h9-12,15-18,21-24,56-57H,7-8,13-14,19-20,25-55H2,1-6H3,(H,61,66)/b11-9-,12-10-,17-15-,18-16-,23-21-,24-22-. The molecule has 9 nitrogen and oxygen atoms in total. The van der Waals surface area contributed by atoms with Crippen LogP contribution in [0.25, 0.3) is 0 Å². The van der Waals surface area contributed by atoms with Crippen LogP contribution in [0.5, 0.6) is 0 Å². The molecule has 0 radical (unpaired) electrons. The summed E-state index contributed by atoms with van der Waals surface area (Å²) in [5.41, 5.74) is 0. The molecule has 0 aliphatic rings. The molecule has 398 valence electrons. The monoisotopic (exact) mass is 966 g/mol. The van der Waals surface area contributed by atoms with Crippen molar-refractivity contribution in [1.82, 2.24) is 15.1 Å². The number of hydrogen-bond acceptors (Lipinski definition) is 8. The van der Waals surface area contributed by atoms with Crippen LogP contribution in [0.2, 0.25) is 0 Å². The van der Waals surface area contributed by atoms with Gasteiger partial charge in [-0.05, 0) is 183 Å². The van der Waals surface area contributed by atoms with Crippen molar-refractivity contribution in [2.75, 3.05) is 54.4 Å². The van der Waals surface area contributed by atoms with Gasteiger partial charge in [0.15, 0.2) is 0 Å². The lowest BCUT2D eigenvalue weighted by molar-refractivity contribution is -0.150. The predicted molar refractivity (Wildman–Crippen MR) is 295 cm³/mol. The van der Waals surface area contributed by atoms with Crippen LogP contribution in [0.3, 0.4) is 0 Å². The van der Waals surface area contributed by atoms with E-state index in [2.05, 4.69) is 116 Å². The summed E-state index contributed by atoms with van der Waals surface area (Å²) in [6.07, 6.45) is 59.0. The Bertz CT molecular complexity index is 1350. The zero-order chi connectivity index (χ0) is 50.5. The summed E-state index contributed by atoms with van der Waals surface area (Å²) in [4.78, 5) is 42.2. The number of rotatable bonds is 49. The molecular formula is C60H107N3O6. The number of amides is 1. The van der Waals surface area contributed by atoms with Crippen LogP contribution in [0, 0.1) is 0 Å². The van der Waals surface area contributed by atoms with E-state index in [4.69, 9.17) is 14.2 Å². The van der Waals surface area contributed by atoms with Gasteiger partial charge in [-0.3, -0.25) is 9.59 Å². The smallest absolute Gasteiger partial charge is 0.407 e. The van der Waals surface area contributed by atoms with Crippen molar-refractivity contribution in [3.63, 3.8) is 0 Å². The molecule has 0 heterocycles. The first-order valence-electron chi connectivity index (χ1n) is 28.2. The summed E-state index contributed by atoms with van der Waals surface area (Å²) in [6.45, 7) is 7.28. The molecule has 0 aliphatic carbocycles. The molecule has 0 saturated carbocycles. The minimum absolute atomic E-state index is 0.0460. The number of alkyl carbamates (subject to hydrolysis) is 1. The molecule has 1 N–H and O–H groups in total. The van der Waals surface area contributed by atoms with Crippen LogP contribution in [-0.2, 0) is 23.8 Å². The molecule has 0 aromatic carbocycles. The van der Waals surface area contributed by atoms with Gasteiger partial charge in [-0.25, -0.2) is 4.79 Å². The van der Waals surface area contributed by atoms with E-state index in [-0.39, 0.29) is 30.2 Å². The largest absolute Gasteiger partial charge is 0.466 e. The molecule has 0 rings (SSSR count). The van der Waals surface area contributed by atoms with E-state index >= 15 is 0 Å². The summed E-state index contributed by atoms with van der Waals surface area (Å²) >= 11 is 0. The molecule has 69 heavy (non-hydrogen) atoms. The lowest BCUT2D eigenvalue weighted by Gasteiger charge is -2.20. The zero-order valence-electron chi connectivity index (χ0n) is 45.6. The number of hydrogen-bond donors (Lipinski definition) is 1. The lowest BCUT2D eigenvalue weighted by Crippen LogP contribution is -2.31. The fraction of sp³-hybridized carbons (Fsp3) is 0.750. The van der Waals surface area contributed by atoms with Crippen molar-refractivity contribution < 1.29 is 28.6 Å². The highest BCUT2D eigenvalue weighted by Crippen LogP contribution is 2.19. The summed E-state index contributed by atoms with van der Waals surface area (Å²) in [7, 11) is 8.24. The number of carbonyl (C=O) groups excluding carboxylic acids is 3.